The van der Waals surface area contributed by atoms with Crippen molar-refractivity contribution >= 4 is 35.5 Å². The first-order valence-corrected chi connectivity index (χ1v) is 8.98. The SMILES string of the molecule is Cc1ccc(-n2nc(C(C)C)cc2NC(=O)c2csc(CN)n2)cc1.Cl. The zero-order valence-corrected chi connectivity index (χ0v) is 16.5. The molecule has 0 spiro atoms. The van der Waals surface area contributed by atoms with E-state index in [1.807, 2.05) is 37.3 Å². The second kappa shape index (κ2) is 8.44. The van der Waals surface area contributed by atoms with Crippen LogP contribution in [-0.2, 0) is 6.54 Å². The minimum Gasteiger partial charge on any atom is -0.325 e. The number of amides is 1. The van der Waals surface area contributed by atoms with Gasteiger partial charge in [-0.25, -0.2) is 9.67 Å². The summed E-state index contributed by atoms with van der Waals surface area (Å²) in [5, 5.41) is 10.0. The molecule has 0 bridgehead atoms. The van der Waals surface area contributed by atoms with Crippen molar-refractivity contribution in [1.29, 1.82) is 0 Å². The normalized spacial score (nSPS) is 10.7. The summed E-state index contributed by atoms with van der Waals surface area (Å²) in [4.78, 5) is 16.7. The van der Waals surface area contributed by atoms with Crippen LogP contribution in [-0.4, -0.2) is 20.7 Å². The molecule has 26 heavy (non-hydrogen) atoms. The average Bonchev–Trinajstić information content (AvgIpc) is 3.22. The molecule has 2 heterocycles. The molecule has 2 aromatic heterocycles. The zero-order valence-electron chi connectivity index (χ0n) is 14.9. The molecular weight excluding hydrogens is 370 g/mol. The van der Waals surface area contributed by atoms with E-state index in [1.54, 1.807) is 10.1 Å². The predicted octanol–water partition coefficient (Wildman–Crippen LogP) is 3.89. The number of benzene rings is 1. The van der Waals surface area contributed by atoms with Crippen LogP contribution in [0.4, 0.5) is 5.82 Å². The smallest absolute Gasteiger partial charge is 0.276 e. The van der Waals surface area contributed by atoms with E-state index in [4.69, 9.17) is 5.73 Å². The van der Waals surface area contributed by atoms with Crippen molar-refractivity contribution in [1.82, 2.24) is 14.8 Å². The van der Waals surface area contributed by atoms with Crippen LogP contribution in [0.25, 0.3) is 5.69 Å². The number of thiazole rings is 1. The molecule has 6 nitrogen and oxygen atoms in total. The van der Waals surface area contributed by atoms with E-state index < -0.39 is 0 Å². The van der Waals surface area contributed by atoms with Gasteiger partial charge in [-0.3, -0.25) is 4.79 Å². The van der Waals surface area contributed by atoms with Gasteiger partial charge in [0.1, 0.15) is 16.5 Å². The fraction of sp³-hybridized carbons (Fsp3) is 0.278. The Bertz CT molecular complexity index is 885. The minimum atomic E-state index is -0.264. The fourth-order valence-electron chi connectivity index (χ4n) is 2.34. The van der Waals surface area contributed by atoms with Gasteiger partial charge in [-0.2, -0.15) is 5.10 Å². The highest BCUT2D eigenvalue weighted by atomic mass is 35.5. The van der Waals surface area contributed by atoms with E-state index in [9.17, 15) is 4.79 Å². The molecule has 3 N–H and O–H groups in total. The van der Waals surface area contributed by atoms with Gasteiger partial charge in [0, 0.05) is 18.0 Å². The lowest BCUT2D eigenvalue weighted by molar-refractivity contribution is 0.102. The number of nitrogens with one attached hydrogen (secondary N) is 1. The van der Waals surface area contributed by atoms with Crippen molar-refractivity contribution in [3.8, 4) is 5.69 Å². The highest BCUT2D eigenvalue weighted by molar-refractivity contribution is 7.09. The van der Waals surface area contributed by atoms with Gasteiger partial charge in [-0.05, 0) is 25.0 Å². The van der Waals surface area contributed by atoms with Gasteiger partial charge in [0.05, 0.1) is 11.4 Å². The van der Waals surface area contributed by atoms with Gasteiger partial charge in [0.25, 0.3) is 5.91 Å². The summed E-state index contributed by atoms with van der Waals surface area (Å²) in [5.41, 5.74) is 8.92. The van der Waals surface area contributed by atoms with Crippen LogP contribution in [0, 0.1) is 6.92 Å². The van der Waals surface area contributed by atoms with E-state index in [2.05, 4.69) is 29.2 Å². The Morgan fingerprint density at radius 1 is 1.31 bits per heavy atom. The van der Waals surface area contributed by atoms with Crippen LogP contribution < -0.4 is 11.1 Å². The third-order valence-corrected chi connectivity index (χ3v) is 4.67. The average molecular weight is 392 g/mol. The number of rotatable bonds is 5. The molecule has 3 aromatic rings. The highest BCUT2D eigenvalue weighted by Crippen LogP contribution is 2.23. The number of carbonyl (C=O) groups is 1. The second-order valence-electron chi connectivity index (χ2n) is 6.14. The number of halogens is 1. The summed E-state index contributed by atoms with van der Waals surface area (Å²) >= 11 is 1.38. The Labute approximate surface area is 162 Å². The van der Waals surface area contributed by atoms with Crippen LogP contribution >= 0.6 is 23.7 Å². The van der Waals surface area contributed by atoms with Crippen LogP contribution in [0.5, 0.6) is 0 Å². The van der Waals surface area contributed by atoms with Gasteiger partial charge in [-0.15, -0.1) is 23.7 Å². The Morgan fingerprint density at radius 2 is 2.00 bits per heavy atom. The quantitative estimate of drug-likeness (QED) is 0.690. The van der Waals surface area contributed by atoms with Crippen molar-refractivity contribution in [3.63, 3.8) is 0 Å². The number of aryl methyl sites for hydroxylation is 1. The third-order valence-electron chi connectivity index (χ3n) is 3.80. The largest absolute Gasteiger partial charge is 0.325 e. The molecular formula is C18H22ClN5OS. The molecule has 8 heteroatoms. The molecule has 138 valence electrons. The van der Waals surface area contributed by atoms with E-state index in [1.165, 1.54) is 16.9 Å². The summed E-state index contributed by atoms with van der Waals surface area (Å²) in [5.74, 6) is 0.616. The number of carbonyl (C=O) groups excluding carboxylic acids is 1. The number of hydrogen-bond acceptors (Lipinski definition) is 5. The monoisotopic (exact) mass is 391 g/mol. The summed E-state index contributed by atoms with van der Waals surface area (Å²) in [6, 6.07) is 9.91. The van der Waals surface area contributed by atoms with E-state index >= 15 is 0 Å². The molecule has 1 amide bonds. The lowest BCUT2D eigenvalue weighted by Gasteiger charge is -2.08. The maximum absolute atomic E-state index is 12.5. The number of hydrogen-bond donors (Lipinski definition) is 2. The van der Waals surface area contributed by atoms with Gasteiger partial charge < -0.3 is 11.1 Å². The van der Waals surface area contributed by atoms with Gasteiger partial charge in [-0.1, -0.05) is 31.5 Å². The van der Waals surface area contributed by atoms with E-state index in [0.717, 1.165) is 16.4 Å². The predicted molar refractivity (Wildman–Crippen MR) is 108 cm³/mol. The van der Waals surface area contributed by atoms with Crippen molar-refractivity contribution in [3.05, 3.63) is 57.7 Å². The van der Waals surface area contributed by atoms with Crippen molar-refractivity contribution in [2.75, 3.05) is 5.32 Å². The molecule has 0 radical (unpaired) electrons. The first kappa shape index (κ1) is 20.1. The molecule has 0 saturated heterocycles. The molecule has 0 unspecified atom stereocenters. The Morgan fingerprint density at radius 3 is 2.58 bits per heavy atom. The lowest BCUT2D eigenvalue weighted by Crippen LogP contribution is -2.15. The summed E-state index contributed by atoms with van der Waals surface area (Å²) < 4.78 is 1.75. The molecule has 0 aliphatic heterocycles. The summed E-state index contributed by atoms with van der Waals surface area (Å²) in [7, 11) is 0. The topological polar surface area (TPSA) is 85.8 Å². The number of nitrogens with two attached hydrogens (primary N) is 1. The molecule has 0 aliphatic carbocycles. The van der Waals surface area contributed by atoms with Crippen LogP contribution in [0.1, 0.15) is 46.5 Å². The van der Waals surface area contributed by atoms with Crippen LogP contribution in [0.3, 0.4) is 0 Å². The van der Waals surface area contributed by atoms with Crippen molar-refractivity contribution < 1.29 is 4.79 Å². The van der Waals surface area contributed by atoms with Gasteiger partial charge in [0.2, 0.25) is 0 Å². The van der Waals surface area contributed by atoms with Gasteiger partial charge >= 0.3 is 0 Å². The lowest BCUT2D eigenvalue weighted by atomic mass is 10.1. The molecule has 0 atom stereocenters. The third kappa shape index (κ3) is 4.30. The molecule has 0 fully saturated rings. The van der Waals surface area contributed by atoms with Gasteiger partial charge in [0.15, 0.2) is 0 Å². The Kier molecular flexibility index (Phi) is 6.52. The van der Waals surface area contributed by atoms with E-state index in [0.29, 0.717) is 18.1 Å². The Hall–Kier alpha value is -2.22. The highest BCUT2D eigenvalue weighted by Gasteiger charge is 2.17. The molecule has 3 rings (SSSR count). The number of nitrogens with zero attached hydrogens (tertiary/aromatic N) is 3. The summed E-state index contributed by atoms with van der Waals surface area (Å²) in [6.45, 7) is 6.51. The summed E-state index contributed by atoms with van der Waals surface area (Å²) in [6.07, 6.45) is 0. The minimum absolute atomic E-state index is 0. The maximum Gasteiger partial charge on any atom is 0.276 e. The second-order valence-corrected chi connectivity index (χ2v) is 7.08. The van der Waals surface area contributed by atoms with Crippen LogP contribution in [0.15, 0.2) is 35.7 Å². The Balaban J connectivity index is 0.00000243. The van der Waals surface area contributed by atoms with Crippen molar-refractivity contribution in [2.24, 2.45) is 5.73 Å². The maximum atomic E-state index is 12.5. The van der Waals surface area contributed by atoms with Crippen LogP contribution in [0.2, 0.25) is 0 Å². The molecule has 1 aromatic carbocycles. The fourth-order valence-corrected chi connectivity index (χ4v) is 3.00. The van der Waals surface area contributed by atoms with Crippen molar-refractivity contribution in [2.45, 2.75) is 33.2 Å². The molecule has 0 aliphatic rings. The number of anilines is 1. The molecule has 0 saturated carbocycles. The first-order valence-electron chi connectivity index (χ1n) is 8.10. The number of aromatic nitrogens is 3. The van der Waals surface area contributed by atoms with E-state index in [-0.39, 0.29) is 24.2 Å². The standard InChI is InChI=1S/C18H21N5OS.ClH/c1-11(2)14-8-16(21-18(24)15-10-25-17(9-19)20-15)23(22-14)13-6-4-12(3)5-7-13;/h4-8,10-11H,9,19H2,1-3H3,(H,21,24);1H. The first-order chi connectivity index (χ1) is 12.0. The zero-order chi connectivity index (χ0) is 18.0.